The Morgan fingerprint density at radius 2 is 2.17 bits per heavy atom. The van der Waals surface area contributed by atoms with Crippen molar-refractivity contribution >= 4 is 23.2 Å². The second-order valence-corrected chi connectivity index (χ2v) is 5.34. The van der Waals surface area contributed by atoms with E-state index < -0.39 is 11.0 Å². The Morgan fingerprint density at radius 3 is 2.83 bits per heavy atom. The van der Waals surface area contributed by atoms with E-state index in [4.69, 9.17) is 16.0 Å². The molecule has 0 spiro atoms. The molecule has 0 bridgehead atoms. The van der Waals surface area contributed by atoms with Crippen molar-refractivity contribution in [3.63, 3.8) is 0 Å². The molecule has 1 unspecified atom stereocenters. The van der Waals surface area contributed by atoms with Crippen LogP contribution in [0.3, 0.4) is 0 Å². The minimum Gasteiger partial charge on any atom is -0.467 e. The van der Waals surface area contributed by atoms with Crippen LogP contribution in [0.1, 0.15) is 18.2 Å². The van der Waals surface area contributed by atoms with Crippen LogP contribution in [0.2, 0.25) is 5.02 Å². The number of nitrogens with one attached hydrogen (secondary N) is 2. The van der Waals surface area contributed by atoms with Gasteiger partial charge in [-0.25, -0.2) is 0 Å². The van der Waals surface area contributed by atoms with Gasteiger partial charge in [-0.3, -0.25) is 14.9 Å². The Bertz CT molecular complexity index is 688. The van der Waals surface area contributed by atoms with Gasteiger partial charge in [0.15, 0.2) is 0 Å². The highest BCUT2D eigenvalue weighted by Gasteiger charge is 2.14. The van der Waals surface area contributed by atoms with Crippen molar-refractivity contribution in [2.45, 2.75) is 26.1 Å². The molecule has 2 aromatic rings. The van der Waals surface area contributed by atoms with Crippen LogP contribution in [0, 0.1) is 10.1 Å². The van der Waals surface area contributed by atoms with E-state index >= 15 is 0 Å². The van der Waals surface area contributed by atoms with Crippen molar-refractivity contribution in [1.82, 2.24) is 10.6 Å². The molecule has 0 aliphatic rings. The molecule has 1 aromatic heterocycles. The van der Waals surface area contributed by atoms with E-state index in [1.54, 1.807) is 19.1 Å². The number of benzene rings is 1. The summed E-state index contributed by atoms with van der Waals surface area (Å²) in [4.78, 5) is 22.3. The largest absolute Gasteiger partial charge is 0.467 e. The minimum atomic E-state index is -0.487. The first-order chi connectivity index (χ1) is 11.0. The number of carbonyl (C=O) groups is 1. The van der Waals surface area contributed by atoms with Gasteiger partial charge in [-0.05, 0) is 30.7 Å². The van der Waals surface area contributed by atoms with Crippen LogP contribution < -0.4 is 10.6 Å². The van der Waals surface area contributed by atoms with Crippen LogP contribution in [0.5, 0.6) is 0 Å². The van der Waals surface area contributed by atoms with Gasteiger partial charge in [-0.2, -0.15) is 0 Å². The molecule has 0 aliphatic carbocycles. The fourth-order valence-electron chi connectivity index (χ4n) is 1.91. The number of furan rings is 1. The van der Waals surface area contributed by atoms with Crippen LogP contribution in [-0.2, 0) is 17.9 Å². The lowest BCUT2D eigenvalue weighted by Gasteiger charge is -2.14. The normalized spacial score (nSPS) is 11.9. The third-order valence-corrected chi connectivity index (χ3v) is 3.62. The van der Waals surface area contributed by atoms with Crippen molar-refractivity contribution in [2.75, 3.05) is 0 Å². The average Bonchev–Trinajstić information content (AvgIpc) is 3.04. The molecule has 7 nitrogen and oxygen atoms in total. The first-order valence-electron chi connectivity index (χ1n) is 6.93. The monoisotopic (exact) mass is 337 g/mol. The van der Waals surface area contributed by atoms with Crippen LogP contribution in [0.4, 0.5) is 5.69 Å². The molecule has 23 heavy (non-hydrogen) atoms. The Kier molecular flexibility index (Phi) is 5.72. The fraction of sp³-hybridized carbons (Fsp3) is 0.267. The maximum atomic E-state index is 12.0. The zero-order valence-electron chi connectivity index (χ0n) is 12.4. The summed E-state index contributed by atoms with van der Waals surface area (Å²) in [6, 6.07) is 7.22. The minimum absolute atomic E-state index is 0.0406. The van der Waals surface area contributed by atoms with Crippen molar-refractivity contribution < 1.29 is 14.1 Å². The van der Waals surface area contributed by atoms with Gasteiger partial charge in [0, 0.05) is 23.7 Å². The molecule has 2 rings (SSSR count). The number of hydrogen-bond acceptors (Lipinski definition) is 5. The van der Waals surface area contributed by atoms with Gasteiger partial charge in [0.2, 0.25) is 5.91 Å². The summed E-state index contributed by atoms with van der Waals surface area (Å²) in [6.07, 6.45) is 1.54. The standard InChI is InChI=1S/C15H16ClN3O4/c1-10(15(20)18-9-13-3-2-6-23-13)17-8-11-7-12(19(21)22)4-5-14(11)16/h2-7,10,17H,8-9H2,1H3,(H,18,20). The molecule has 0 saturated carbocycles. The number of nitro groups is 1. The number of amides is 1. The summed E-state index contributed by atoms with van der Waals surface area (Å²) in [5, 5.41) is 16.9. The summed E-state index contributed by atoms with van der Waals surface area (Å²) in [5.41, 5.74) is 0.521. The van der Waals surface area contributed by atoms with Crippen LogP contribution >= 0.6 is 11.6 Å². The molecule has 1 amide bonds. The number of nitrogens with zero attached hydrogens (tertiary/aromatic N) is 1. The van der Waals surface area contributed by atoms with Gasteiger partial charge in [-0.15, -0.1) is 0 Å². The fourth-order valence-corrected chi connectivity index (χ4v) is 2.09. The number of carbonyl (C=O) groups excluding carboxylic acids is 1. The van der Waals surface area contributed by atoms with E-state index in [0.717, 1.165) is 0 Å². The van der Waals surface area contributed by atoms with Crippen molar-refractivity contribution in [3.8, 4) is 0 Å². The summed E-state index contributed by atoms with van der Waals surface area (Å²) < 4.78 is 5.13. The zero-order valence-corrected chi connectivity index (χ0v) is 13.2. The number of halogens is 1. The molecule has 1 heterocycles. The van der Waals surface area contributed by atoms with Gasteiger partial charge in [0.25, 0.3) is 5.69 Å². The highest BCUT2D eigenvalue weighted by molar-refractivity contribution is 6.31. The summed E-state index contributed by atoms with van der Waals surface area (Å²) in [5.74, 6) is 0.454. The quantitative estimate of drug-likeness (QED) is 0.598. The summed E-state index contributed by atoms with van der Waals surface area (Å²) in [7, 11) is 0. The van der Waals surface area contributed by atoms with Gasteiger partial charge >= 0.3 is 0 Å². The van der Waals surface area contributed by atoms with E-state index in [2.05, 4.69) is 10.6 Å². The molecule has 122 valence electrons. The van der Waals surface area contributed by atoms with Crippen LogP contribution in [0.25, 0.3) is 0 Å². The number of nitro benzene ring substituents is 1. The molecular weight excluding hydrogens is 322 g/mol. The van der Waals surface area contributed by atoms with Gasteiger partial charge in [-0.1, -0.05) is 11.6 Å². The van der Waals surface area contributed by atoms with E-state index in [9.17, 15) is 14.9 Å². The lowest BCUT2D eigenvalue weighted by Crippen LogP contribution is -2.41. The van der Waals surface area contributed by atoms with E-state index in [-0.39, 0.29) is 18.1 Å². The smallest absolute Gasteiger partial charge is 0.269 e. The summed E-state index contributed by atoms with van der Waals surface area (Å²) in [6.45, 7) is 2.24. The number of non-ortho nitro benzene ring substituents is 1. The van der Waals surface area contributed by atoms with Gasteiger partial charge in [0.05, 0.1) is 23.8 Å². The summed E-state index contributed by atoms with van der Waals surface area (Å²) >= 11 is 6.02. The van der Waals surface area contributed by atoms with Crippen molar-refractivity contribution in [3.05, 3.63) is 63.1 Å². The van der Waals surface area contributed by atoms with Gasteiger partial charge < -0.3 is 15.1 Å². The Labute approximate surface area is 137 Å². The maximum absolute atomic E-state index is 12.0. The Morgan fingerprint density at radius 1 is 1.39 bits per heavy atom. The first kappa shape index (κ1) is 17.0. The number of hydrogen-bond donors (Lipinski definition) is 2. The number of rotatable bonds is 7. The van der Waals surface area contributed by atoms with E-state index in [1.807, 2.05) is 0 Å². The Balaban J connectivity index is 1.88. The highest BCUT2D eigenvalue weighted by atomic mass is 35.5. The lowest BCUT2D eigenvalue weighted by molar-refractivity contribution is -0.384. The molecule has 8 heteroatoms. The second kappa shape index (κ2) is 7.75. The third-order valence-electron chi connectivity index (χ3n) is 3.25. The first-order valence-corrected chi connectivity index (χ1v) is 7.31. The van der Waals surface area contributed by atoms with Gasteiger partial charge in [0.1, 0.15) is 5.76 Å². The molecule has 0 saturated heterocycles. The molecule has 0 radical (unpaired) electrons. The van der Waals surface area contributed by atoms with Crippen molar-refractivity contribution in [1.29, 1.82) is 0 Å². The third kappa shape index (κ3) is 4.80. The molecule has 0 aliphatic heterocycles. The molecule has 1 aromatic carbocycles. The molecule has 0 fully saturated rings. The van der Waals surface area contributed by atoms with E-state index in [0.29, 0.717) is 22.9 Å². The van der Waals surface area contributed by atoms with Crippen LogP contribution in [0.15, 0.2) is 41.0 Å². The molecule has 2 N–H and O–H groups in total. The highest BCUT2D eigenvalue weighted by Crippen LogP contribution is 2.21. The van der Waals surface area contributed by atoms with Crippen molar-refractivity contribution in [2.24, 2.45) is 0 Å². The zero-order chi connectivity index (χ0) is 16.8. The molecular formula is C15H16ClN3O4. The lowest BCUT2D eigenvalue weighted by atomic mass is 10.2. The SMILES string of the molecule is CC(NCc1cc([N+](=O)[O-])ccc1Cl)C(=O)NCc1ccco1. The predicted molar refractivity (Wildman–Crippen MR) is 85.0 cm³/mol. The molecule has 1 atom stereocenters. The van der Waals surface area contributed by atoms with E-state index in [1.165, 1.54) is 24.5 Å². The van der Waals surface area contributed by atoms with Crippen LogP contribution in [-0.4, -0.2) is 16.9 Å². The average molecular weight is 338 g/mol. The maximum Gasteiger partial charge on any atom is 0.269 e. The topological polar surface area (TPSA) is 97.4 Å². The second-order valence-electron chi connectivity index (χ2n) is 4.93. The Hall–Kier alpha value is -2.38. The predicted octanol–water partition coefficient (Wildman–Crippen LogP) is 2.64.